The number of carboxylic acid groups (broad SMARTS) is 1. The molecule has 0 atom stereocenters. The molecule has 0 aromatic carbocycles. The quantitative estimate of drug-likeness (QED) is 0.279. The highest BCUT2D eigenvalue weighted by atomic mass is 16.4. The fourth-order valence-corrected chi connectivity index (χ4v) is 2.93. The third kappa shape index (κ3) is 14.0. The third-order valence-electron chi connectivity index (χ3n) is 4.56. The van der Waals surface area contributed by atoms with Crippen LogP contribution in [0.1, 0.15) is 68.8 Å². The molecule has 0 aliphatic carbocycles. The molecule has 0 unspecified atom stereocenters. The highest BCUT2D eigenvalue weighted by molar-refractivity contribution is 5.81. The number of aromatic nitrogens is 1. The van der Waals surface area contributed by atoms with E-state index in [0.717, 1.165) is 38.5 Å². The molecule has 0 radical (unpaired) electrons. The maximum absolute atomic E-state index is 12.2. The first kappa shape index (κ1) is 26.9. The van der Waals surface area contributed by atoms with Crippen molar-refractivity contribution in [3.63, 3.8) is 0 Å². The number of allylic oxidation sites excluding steroid dienone is 12. The summed E-state index contributed by atoms with van der Waals surface area (Å²) in [5.74, 6) is -1.01. The van der Waals surface area contributed by atoms with E-state index in [1.54, 1.807) is 18.3 Å². The van der Waals surface area contributed by atoms with Crippen LogP contribution in [0.15, 0.2) is 91.2 Å². The second-order valence-corrected chi connectivity index (χ2v) is 7.29. The maximum Gasteiger partial charge on any atom is 0.309 e. The van der Waals surface area contributed by atoms with Crippen molar-refractivity contribution in [3.8, 4) is 0 Å². The van der Waals surface area contributed by atoms with Crippen molar-refractivity contribution in [1.29, 1.82) is 0 Å². The Morgan fingerprint density at radius 2 is 1.25 bits per heavy atom. The van der Waals surface area contributed by atoms with E-state index in [9.17, 15) is 9.59 Å². The smallest absolute Gasteiger partial charge is 0.309 e. The minimum atomic E-state index is -0.935. The minimum Gasteiger partial charge on any atom is -0.481 e. The normalized spacial score (nSPS) is 12.7. The molecule has 4 nitrogen and oxygen atoms in total. The van der Waals surface area contributed by atoms with Crippen LogP contribution in [0.4, 0.5) is 0 Å². The van der Waals surface area contributed by atoms with E-state index in [4.69, 9.17) is 5.11 Å². The predicted octanol–water partition coefficient (Wildman–Crippen LogP) is 7.23. The summed E-state index contributed by atoms with van der Waals surface area (Å²) >= 11 is 0. The van der Waals surface area contributed by atoms with E-state index in [2.05, 4.69) is 73.8 Å². The lowest BCUT2D eigenvalue weighted by molar-refractivity contribution is -0.136. The van der Waals surface area contributed by atoms with Crippen LogP contribution in [0.3, 0.4) is 0 Å². The molecule has 1 aromatic rings. The lowest BCUT2D eigenvalue weighted by atomic mass is 10.2. The Bertz CT molecular complexity index is 835. The van der Waals surface area contributed by atoms with Gasteiger partial charge in [0.05, 0.1) is 6.42 Å². The topological polar surface area (TPSA) is 59.3 Å². The summed E-state index contributed by atoms with van der Waals surface area (Å²) in [6, 6.07) is 3.37. The molecule has 0 saturated heterocycles. The first-order valence-corrected chi connectivity index (χ1v) is 11.5. The molecule has 32 heavy (non-hydrogen) atoms. The van der Waals surface area contributed by atoms with Gasteiger partial charge in [-0.3, -0.25) is 14.2 Å². The summed E-state index contributed by atoms with van der Waals surface area (Å²) in [5.41, 5.74) is 0.519. The van der Waals surface area contributed by atoms with Gasteiger partial charge in [0, 0.05) is 18.3 Å². The molecule has 1 aromatic heterocycles. The molecule has 1 rings (SSSR count). The lowest BCUT2D eigenvalue weighted by Crippen LogP contribution is -2.14. The van der Waals surface area contributed by atoms with Crippen molar-refractivity contribution in [1.82, 2.24) is 4.57 Å². The van der Waals surface area contributed by atoms with Gasteiger partial charge < -0.3 is 5.11 Å². The summed E-state index contributed by atoms with van der Waals surface area (Å²) in [7, 11) is 0. The van der Waals surface area contributed by atoms with Crippen LogP contribution in [0.5, 0.6) is 0 Å². The molecular formula is C28H37NO3. The van der Waals surface area contributed by atoms with Gasteiger partial charge in [-0.15, -0.1) is 0 Å². The Kier molecular flexibility index (Phi) is 15.6. The maximum atomic E-state index is 12.2. The van der Waals surface area contributed by atoms with Crippen molar-refractivity contribution in [2.45, 2.75) is 64.7 Å². The summed E-state index contributed by atoms with van der Waals surface area (Å²) in [4.78, 5) is 23.0. The van der Waals surface area contributed by atoms with Crippen LogP contribution < -0.4 is 0 Å². The fraction of sp³-hybridized carbons (Fsp3) is 0.357. The Morgan fingerprint density at radius 1 is 0.781 bits per heavy atom. The standard InChI is InChI=1S/C28H37NO3/c1-2-3-4-5-6-7-8-9-10-11-12-13-14-15-16-17-18-19-20-23-27(30)29-24-21-22-26(29)25-28(31)32/h3-4,6-7,9-10,12-13,15-16,18-19,21-22,24H,2,5,8,11,14,17,20,23,25H2,1H3,(H,31,32). The summed E-state index contributed by atoms with van der Waals surface area (Å²) in [6.07, 6.45) is 34.1. The first-order valence-electron chi connectivity index (χ1n) is 11.5. The number of hydrogen-bond donors (Lipinski definition) is 1. The number of carbonyl (C=O) groups is 2. The van der Waals surface area contributed by atoms with Gasteiger partial charge in [0.25, 0.3) is 0 Å². The van der Waals surface area contributed by atoms with Crippen LogP contribution >= 0.6 is 0 Å². The molecule has 4 heteroatoms. The van der Waals surface area contributed by atoms with Gasteiger partial charge in [-0.25, -0.2) is 0 Å². The van der Waals surface area contributed by atoms with Crippen LogP contribution in [-0.2, 0) is 11.2 Å². The second kappa shape index (κ2) is 18.6. The van der Waals surface area contributed by atoms with Gasteiger partial charge in [-0.2, -0.15) is 0 Å². The number of nitrogens with zero attached hydrogens (tertiary/aromatic N) is 1. The Morgan fingerprint density at radius 3 is 1.72 bits per heavy atom. The second-order valence-electron chi connectivity index (χ2n) is 7.29. The Hall–Kier alpha value is -3.14. The SMILES string of the molecule is CCC=CCC=CCC=CCC=CCC=CCC=CCCC(=O)n1cccc1CC(=O)O. The van der Waals surface area contributed by atoms with E-state index < -0.39 is 5.97 Å². The average Bonchev–Trinajstić information content (AvgIpc) is 3.22. The number of aliphatic carboxylic acids is 1. The predicted molar refractivity (Wildman–Crippen MR) is 134 cm³/mol. The monoisotopic (exact) mass is 435 g/mol. The highest BCUT2D eigenvalue weighted by Crippen LogP contribution is 2.07. The van der Waals surface area contributed by atoms with E-state index >= 15 is 0 Å². The van der Waals surface area contributed by atoms with E-state index in [0.29, 0.717) is 18.5 Å². The first-order chi connectivity index (χ1) is 15.6. The van der Waals surface area contributed by atoms with Crippen molar-refractivity contribution in [3.05, 3.63) is 96.9 Å². The van der Waals surface area contributed by atoms with Gasteiger partial charge in [0.2, 0.25) is 5.91 Å². The van der Waals surface area contributed by atoms with E-state index in [1.807, 2.05) is 6.08 Å². The van der Waals surface area contributed by atoms with Gasteiger partial charge in [-0.1, -0.05) is 79.8 Å². The van der Waals surface area contributed by atoms with Gasteiger partial charge in [-0.05, 0) is 57.1 Å². The minimum absolute atomic E-state index is 0.0780. The molecule has 0 saturated carbocycles. The Balaban J connectivity index is 2.09. The number of carbonyl (C=O) groups excluding carboxylic acids is 1. The zero-order valence-electron chi connectivity index (χ0n) is 19.2. The van der Waals surface area contributed by atoms with Crippen LogP contribution in [0.2, 0.25) is 0 Å². The zero-order valence-corrected chi connectivity index (χ0v) is 19.2. The summed E-state index contributed by atoms with van der Waals surface area (Å²) in [6.45, 7) is 2.14. The van der Waals surface area contributed by atoms with E-state index in [1.165, 1.54) is 4.57 Å². The number of rotatable bonds is 16. The van der Waals surface area contributed by atoms with Crippen LogP contribution in [0, 0.1) is 0 Å². The van der Waals surface area contributed by atoms with Crippen LogP contribution in [-0.4, -0.2) is 21.6 Å². The van der Waals surface area contributed by atoms with Crippen molar-refractivity contribution < 1.29 is 14.7 Å². The molecule has 0 aliphatic heterocycles. The molecule has 0 fully saturated rings. The van der Waals surface area contributed by atoms with Crippen molar-refractivity contribution in [2.24, 2.45) is 0 Å². The molecule has 0 spiro atoms. The molecule has 0 amide bonds. The average molecular weight is 436 g/mol. The summed E-state index contributed by atoms with van der Waals surface area (Å²) < 4.78 is 1.44. The largest absolute Gasteiger partial charge is 0.481 e. The highest BCUT2D eigenvalue weighted by Gasteiger charge is 2.10. The van der Waals surface area contributed by atoms with Gasteiger partial charge in [0.15, 0.2) is 0 Å². The summed E-state index contributed by atoms with van der Waals surface area (Å²) in [5, 5.41) is 8.88. The van der Waals surface area contributed by atoms with Crippen molar-refractivity contribution >= 4 is 11.9 Å². The van der Waals surface area contributed by atoms with Gasteiger partial charge >= 0.3 is 5.97 Å². The van der Waals surface area contributed by atoms with Crippen LogP contribution in [0.25, 0.3) is 0 Å². The van der Waals surface area contributed by atoms with E-state index in [-0.39, 0.29) is 12.3 Å². The molecule has 0 bridgehead atoms. The molecule has 0 aliphatic rings. The zero-order chi connectivity index (χ0) is 23.3. The number of carboxylic acids is 1. The van der Waals surface area contributed by atoms with Gasteiger partial charge in [0.1, 0.15) is 0 Å². The number of hydrogen-bond acceptors (Lipinski definition) is 2. The Labute approximate surface area is 193 Å². The fourth-order valence-electron chi connectivity index (χ4n) is 2.93. The van der Waals surface area contributed by atoms with Crippen molar-refractivity contribution in [2.75, 3.05) is 0 Å². The molecule has 1 heterocycles. The third-order valence-corrected chi connectivity index (χ3v) is 4.56. The molecule has 1 N–H and O–H groups in total. The molecular weight excluding hydrogens is 398 g/mol. The lowest BCUT2D eigenvalue weighted by Gasteiger charge is -2.05. The molecule has 172 valence electrons.